The second kappa shape index (κ2) is 4.70. The fourth-order valence-corrected chi connectivity index (χ4v) is 1.52. The molecule has 1 N–H and O–H groups in total. The van der Waals surface area contributed by atoms with E-state index in [1.165, 1.54) is 5.56 Å². The van der Waals surface area contributed by atoms with Crippen LogP contribution in [0.2, 0.25) is 0 Å². The van der Waals surface area contributed by atoms with Crippen LogP contribution in [0.3, 0.4) is 0 Å². The Hall–Kier alpha value is -1.24. The highest BCUT2D eigenvalue weighted by atomic mass is 16.3. The Morgan fingerprint density at radius 2 is 2.31 bits per heavy atom. The van der Waals surface area contributed by atoms with E-state index in [9.17, 15) is 5.11 Å². The number of hydrogen-bond acceptors (Lipinski definition) is 1. The van der Waals surface area contributed by atoms with Gasteiger partial charge in [-0.05, 0) is 36.5 Å². The third-order valence-corrected chi connectivity index (χ3v) is 2.29. The van der Waals surface area contributed by atoms with E-state index in [0.717, 1.165) is 12.8 Å². The van der Waals surface area contributed by atoms with E-state index in [2.05, 4.69) is 19.6 Å². The van der Waals surface area contributed by atoms with Gasteiger partial charge in [0.2, 0.25) is 0 Å². The van der Waals surface area contributed by atoms with E-state index < -0.39 is 0 Å². The molecule has 0 bridgehead atoms. The van der Waals surface area contributed by atoms with E-state index in [1.807, 2.05) is 18.2 Å². The van der Waals surface area contributed by atoms with Crippen LogP contribution in [0.15, 0.2) is 36.9 Å². The van der Waals surface area contributed by atoms with Crippen LogP contribution in [0, 0.1) is 0 Å². The molecule has 1 nitrogen and oxygen atoms in total. The van der Waals surface area contributed by atoms with Gasteiger partial charge < -0.3 is 5.11 Å². The number of phenolic OH excluding ortho intramolecular Hbond substituents is 1. The zero-order valence-corrected chi connectivity index (χ0v) is 8.03. The molecule has 1 rings (SSSR count). The summed E-state index contributed by atoms with van der Waals surface area (Å²) in [5, 5.41) is 9.30. The average Bonchev–Trinajstić information content (AvgIpc) is 2.14. The lowest BCUT2D eigenvalue weighted by Crippen LogP contribution is -1.94. The summed E-state index contributed by atoms with van der Waals surface area (Å²) < 4.78 is 0. The maximum absolute atomic E-state index is 9.30. The van der Waals surface area contributed by atoms with Crippen molar-refractivity contribution in [3.05, 3.63) is 42.5 Å². The molecule has 0 aliphatic heterocycles. The third-order valence-electron chi connectivity index (χ3n) is 2.29. The van der Waals surface area contributed by atoms with Crippen molar-refractivity contribution >= 4 is 0 Å². The average molecular weight is 176 g/mol. The predicted molar refractivity (Wildman–Crippen MR) is 56.0 cm³/mol. The SMILES string of the molecule is C=CCC(CC)c1cccc(O)c1. The van der Waals surface area contributed by atoms with Crippen molar-refractivity contribution in [2.45, 2.75) is 25.7 Å². The van der Waals surface area contributed by atoms with Crippen LogP contribution in [-0.2, 0) is 0 Å². The summed E-state index contributed by atoms with van der Waals surface area (Å²) in [4.78, 5) is 0. The number of benzene rings is 1. The molecule has 0 aliphatic carbocycles. The van der Waals surface area contributed by atoms with E-state index in [-0.39, 0.29) is 0 Å². The molecule has 0 spiro atoms. The number of allylic oxidation sites excluding steroid dienone is 1. The Morgan fingerprint density at radius 3 is 2.85 bits per heavy atom. The first-order valence-corrected chi connectivity index (χ1v) is 4.67. The molecule has 1 heteroatoms. The van der Waals surface area contributed by atoms with Crippen molar-refractivity contribution in [2.75, 3.05) is 0 Å². The summed E-state index contributed by atoms with van der Waals surface area (Å²) in [6, 6.07) is 7.47. The molecule has 70 valence electrons. The molecule has 1 unspecified atom stereocenters. The summed E-state index contributed by atoms with van der Waals surface area (Å²) >= 11 is 0. The molecule has 0 saturated heterocycles. The lowest BCUT2D eigenvalue weighted by molar-refractivity contribution is 0.473. The van der Waals surface area contributed by atoms with Gasteiger partial charge >= 0.3 is 0 Å². The molecular formula is C12H16O. The lowest BCUT2D eigenvalue weighted by atomic mass is 9.93. The first kappa shape index (κ1) is 9.85. The van der Waals surface area contributed by atoms with Gasteiger partial charge in [-0.2, -0.15) is 0 Å². The van der Waals surface area contributed by atoms with Gasteiger partial charge in [0.05, 0.1) is 0 Å². The third kappa shape index (κ3) is 2.62. The van der Waals surface area contributed by atoms with E-state index in [1.54, 1.807) is 6.07 Å². The molecule has 1 aromatic carbocycles. The van der Waals surface area contributed by atoms with Crippen LogP contribution in [-0.4, -0.2) is 5.11 Å². The van der Waals surface area contributed by atoms with Crippen LogP contribution in [0.1, 0.15) is 31.2 Å². The van der Waals surface area contributed by atoms with Crippen LogP contribution in [0.5, 0.6) is 5.75 Å². The Morgan fingerprint density at radius 1 is 1.54 bits per heavy atom. The van der Waals surface area contributed by atoms with Crippen molar-refractivity contribution < 1.29 is 5.11 Å². The molecule has 0 heterocycles. The summed E-state index contributed by atoms with van der Waals surface area (Å²) in [5.41, 5.74) is 1.20. The first-order chi connectivity index (χ1) is 6.27. The normalized spacial score (nSPS) is 12.4. The van der Waals surface area contributed by atoms with Gasteiger partial charge in [0, 0.05) is 0 Å². The maximum atomic E-state index is 9.30. The molecule has 0 fully saturated rings. The molecule has 0 saturated carbocycles. The van der Waals surface area contributed by atoms with Crippen molar-refractivity contribution in [3.8, 4) is 5.75 Å². The van der Waals surface area contributed by atoms with E-state index >= 15 is 0 Å². The number of hydrogen-bond donors (Lipinski definition) is 1. The Bertz CT molecular complexity index is 278. The van der Waals surface area contributed by atoms with Crippen molar-refractivity contribution in [3.63, 3.8) is 0 Å². The highest BCUT2D eigenvalue weighted by Gasteiger charge is 2.07. The lowest BCUT2D eigenvalue weighted by Gasteiger charge is -2.12. The summed E-state index contributed by atoms with van der Waals surface area (Å²) in [6.45, 7) is 5.88. The highest BCUT2D eigenvalue weighted by Crippen LogP contribution is 2.25. The van der Waals surface area contributed by atoms with Gasteiger partial charge in [-0.15, -0.1) is 6.58 Å². The summed E-state index contributed by atoms with van der Waals surface area (Å²) in [6.07, 6.45) is 3.98. The maximum Gasteiger partial charge on any atom is 0.115 e. The van der Waals surface area contributed by atoms with Crippen molar-refractivity contribution in [2.24, 2.45) is 0 Å². The summed E-state index contributed by atoms with van der Waals surface area (Å²) in [7, 11) is 0. The van der Waals surface area contributed by atoms with Gasteiger partial charge in [-0.1, -0.05) is 25.1 Å². The predicted octanol–water partition coefficient (Wildman–Crippen LogP) is 3.46. The fourth-order valence-electron chi connectivity index (χ4n) is 1.52. The highest BCUT2D eigenvalue weighted by molar-refractivity contribution is 5.29. The zero-order valence-electron chi connectivity index (χ0n) is 8.03. The minimum absolute atomic E-state index is 0.347. The Labute approximate surface area is 79.7 Å². The minimum Gasteiger partial charge on any atom is -0.508 e. The number of phenols is 1. The molecule has 1 atom stereocenters. The van der Waals surface area contributed by atoms with Crippen LogP contribution in [0.4, 0.5) is 0 Å². The second-order valence-corrected chi connectivity index (χ2v) is 3.22. The molecule has 0 aromatic heterocycles. The zero-order chi connectivity index (χ0) is 9.68. The fraction of sp³-hybridized carbons (Fsp3) is 0.333. The van der Waals surface area contributed by atoms with Gasteiger partial charge in [-0.3, -0.25) is 0 Å². The molecule has 13 heavy (non-hydrogen) atoms. The second-order valence-electron chi connectivity index (χ2n) is 3.22. The number of aromatic hydroxyl groups is 1. The Kier molecular flexibility index (Phi) is 3.56. The van der Waals surface area contributed by atoms with Gasteiger partial charge in [-0.25, -0.2) is 0 Å². The topological polar surface area (TPSA) is 20.2 Å². The molecule has 0 amide bonds. The van der Waals surface area contributed by atoms with Gasteiger partial charge in [0.15, 0.2) is 0 Å². The van der Waals surface area contributed by atoms with Crippen molar-refractivity contribution in [1.82, 2.24) is 0 Å². The standard InChI is InChI=1S/C12H16O/c1-3-6-10(4-2)11-7-5-8-12(13)9-11/h3,5,7-10,13H,1,4,6H2,2H3. The molecular weight excluding hydrogens is 160 g/mol. The van der Waals surface area contributed by atoms with E-state index in [4.69, 9.17) is 0 Å². The number of rotatable bonds is 4. The molecule has 1 aromatic rings. The van der Waals surface area contributed by atoms with Crippen LogP contribution >= 0.6 is 0 Å². The van der Waals surface area contributed by atoms with Crippen LogP contribution < -0.4 is 0 Å². The largest absolute Gasteiger partial charge is 0.508 e. The van der Waals surface area contributed by atoms with Crippen molar-refractivity contribution in [1.29, 1.82) is 0 Å². The quantitative estimate of drug-likeness (QED) is 0.696. The van der Waals surface area contributed by atoms with Gasteiger partial charge in [0.25, 0.3) is 0 Å². The minimum atomic E-state index is 0.347. The Balaban J connectivity index is 2.84. The van der Waals surface area contributed by atoms with Gasteiger partial charge in [0.1, 0.15) is 5.75 Å². The molecule has 0 radical (unpaired) electrons. The van der Waals surface area contributed by atoms with Crippen LogP contribution in [0.25, 0.3) is 0 Å². The first-order valence-electron chi connectivity index (χ1n) is 4.67. The smallest absolute Gasteiger partial charge is 0.115 e. The van der Waals surface area contributed by atoms with E-state index in [0.29, 0.717) is 11.7 Å². The monoisotopic (exact) mass is 176 g/mol. The molecule has 0 aliphatic rings. The summed E-state index contributed by atoms with van der Waals surface area (Å²) in [5.74, 6) is 0.838.